The first-order valence-corrected chi connectivity index (χ1v) is 4.77. The molecule has 78 valence electrons. The molecule has 0 bridgehead atoms. The molecule has 0 radical (unpaired) electrons. The molecule has 1 aliphatic rings. The Morgan fingerprint density at radius 1 is 1.54 bits per heavy atom. The Bertz CT molecular complexity index is 162. The van der Waals surface area contributed by atoms with Gasteiger partial charge in [0.25, 0.3) is 5.92 Å². The van der Waals surface area contributed by atoms with Gasteiger partial charge >= 0.3 is 0 Å². The Morgan fingerprint density at radius 3 is 2.69 bits per heavy atom. The highest BCUT2D eigenvalue weighted by atomic mass is 19.3. The minimum atomic E-state index is -2.49. The predicted octanol–water partition coefficient (Wildman–Crippen LogP) is 1.18. The molecule has 0 aromatic rings. The maximum Gasteiger partial charge on any atom is 0.253 e. The molecule has 1 fully saturated rings. The average Bonchev–Trinajstić information content (AvgIpc) is 2.49. The molecule has 0 amide bonds. The Morgan fingerprint density at radius 2 is 2.23 bits per heavy atom. The Balaban J connectivity index is 2.39. The molecule has 0 spiro atoms. The van der Waals surface area contributed by atoms with Gasteiger partial charge in [0.15, 0.2) is 0 Å². The topological polar surface area (TPSA) is 15.3 Å². The molecular weight excluding hydrogens is 174 g/mol. The standard InChI is InChI=1S/C9H18F2N2/c1-12-5-4-9(10,11)8-3-6-13(2)7-8/h8,12H,3-7H2,1-2H3. The van der Waals surface area contributed by atoms with E-state index in [1.54, 1.807) is 7.05 Å². The molecule has 1 atom stereocenters. The second kappa shape index (κ2) is 4.33. The van der Waals surface area contributed by atoms with Crippen molar-refractivity contribution in [3.63, 3.8) is 0 Å². The molecule has 1 N–H and O–H groups in total. The van der Waals surface area contributed by atoms with Gasteiger partial charge in [0.1, 0.15) is 0 Å². The molecule has 1 unspecified atom stereocenters. The lowest BCUT2D eigenvalue weighted by atomic mass is 9.98. The summed E-state index contributed by atoms with van der Waals surface area (Å²) >= 11 is 0. The smallest absolute Gasteiger partial charge is 0.253 e. The fourth-order valence-electron chi connectivity index (χ4n) is 1.78. The second-order valence-corrected chi connectivity index (χ2v) is 3.86. The number of hydrogen-bond donors (Lipinski definition) is 1. The quantitative estimate of drug-likeness (QED) is 0.719. The molecule has 2 nitrogen and oxygen atoms in total. The van der Waals surface area contributed by atoms with Crippen molar-refractivity contribution in [1.29, 1.82) is 0 Å². The van der Waals surface area contributed by atoms with E-state index in [9.17, 15) is 8.78 Å². The maximum atomic E-state index is 13.4. The molecule has 13 heavy (non-hydrogen) atoms. The number of halogens is 2. The highest BCUT2D eigenvalue weighted by Crippen LogP contribution is 2.34. The Labute approximate surface area is 78.3 Å². The third-order valence-corrected chi connectivity index (χ3v) is 2.70. The molecule has 4 heteroatoms. The maximum absolute atomic E-state index is 13.4. The predicted molar refractivity (Wildman–Crippen MR) is 49.1 cm³/mol. The normalized spacial score (nSPS) is 25.4. The van der Waals surface area contributed by atoms with Crippen LogP contribution in [0.25, 0.3) is 0 Å². The minimum Gasteiger partial charge on any atom is -0.320 e. The van der Waals surface area contributed by atoms with E-state index in [4.69, 9.17) is 0 Å². The van der Waals surface area contributed by atoms with Gasteiger partial charge < -0.3 is 10.2 Å². The van der Waals surface area contributed by atoms with E-state index in [1.165, 1.54) is 0 Å². The summed E-state index contributed by atoms with van der Waals surface area (Å²) in [5.74, 6) is -2.93. The van der Waals surface area contributed by atoms with E-state index in [0.29, 0.717) is 19.5 Å². The lowest BCUT2D eigenvalue weighted by Crippen LogP contribution is -2.33. The van der Waals surface area contributed by atoms with Gasteiger partial charge in [-0.05, 0) is 27.1 Å². The lowest BCUT2D eigenvalue weighted by Gasteiger charge is -2.22. The van der Waals surface area contributed by atoms with Crippen LogP contribution in [0.2, 0.25) is 0 Å². The SMILES string of the molecule is CNCCC(F)(F)C1CCN(C)C1. The van der Waals surface area contributed by atoms with E-state index in [2.05, 4.69) is 5.32 Å². The fraction of sp³-hybridized carbons (Fsp3) is 1.00. The van der Waals surface area contributed by atoms with Gasteiger partial charge in [-0.1, -0.05) is 0 Å². The van der Waals surface area contributed by atoms with Gasteiger partial charge in [-0.2, -0.15) is 0 Å². The lowest BCUT2D eigenvalue weighted by molar-refractivity contribution is -0.0595. The van der Waals surface area contributed by atoms with E-state index in [1.807, 2.05) is 11.9 Å². The highest BCUT2D eigenvalue weighted by Gasteiger charge is 2.41. The Hall–Kier alpha value is -0.220. The van der Waals surface area contributed by atoms with Crippen LogP contribution in [0.3, 0.4) is 0 Å². The van der Waals surface area contributed by atoms with E-state index >= 15 is 0 Å². The molecule has 0 saturated carbocycles. The van der Waals surface area contributed by atoms with Crippen molar-refractivity contribution in [3.8, 4) is 0 Å². The number of alkyl halides is 2. The van der Waals surface area contributed by atoms with Crippen LogP contribution in [0.15, 0.2) is 0 Å². The summed E-state index contributed by atoms with van der Waals surface area (Å²) in [5, 5.41) is 2.76. The van der Waals surface area contributed by atoms with Gasteiger partial charge in [-0.25, -0.2) is 8.78 Å². The summed E-state index contributed by atoms with van der Waals surface area (Å²) in [5.41, 5.74) is 0. The third kappa shape index (κ3) is 2.88. The van der Waals surface area contributed by atoms with Crippen LogP contribution in [0.1, 0.15) is 12.8 Å². The molecule has 1 aliphatic heterocycles. The van der Waals surface area contributed by atoms with E-state index in [0.717, 1.165) is 6.54 Å². The zero-order valence-corrected chi connectivity index (χ0v) is 8.32. The summed E-state index contributed by atoms with van der Waals surface area (Å²) < 4.78 is 26.8. The van der Waals surface area contributed by atoms with Crippen LogP contribution in [0, 0.1) is 5.92 Å². The molecule has 0 aromatic heterocycles. The van der Waals surface area contributed by atoms with Gasteiger partial charge in [-0.3, -0.25) is 0 Å². The molecule has 1 rings (SSSR count). The summed E-state index contributed by atoms with van der Waals surface area (Å²) in [6, 6.07) is 0. The Kier molecular flexibility index (Phi) is 3.62. The van der Waals surface area contributed by atoms with Crippen LogP contribution in [0.4, 0.5) is 8.78 Å². The number of nitrogens with zero attached hydrogens (tertiary/aromatic N) is 1. The monoisotopic (exact) mass is 192 g/mol. The molecule has 1 saturated heterocycles. The van der Waals surface area contributed by atoms with Gasteiger partial charge in [0.05, 0.1) is 0 Å². The summed E-state index contributed by atoms with van der Waals surface area (Å²) in [6.07, 6.45) is 0.592. The fourth-order valence-corrected chi connectivity index (χ4v) is 1.78. The van der Waals surface area contributed by atoms with Crippen LogP contribution < -0.4 is 5.32 Å². The van der Waals surface area contributed by atoms with Crippen LogP contribution in [0.5, 0.6) is 0 Å². The van der Waals surface area contributed by atoms with Crippen molar-refractivity contribution in [2.75, 3.05) is 33.7 Å². The summed E-state index contributed by atoms with van der Waals surface area (Å²) in [7, 11) is 3.60. The molecular formula is C9H18F2N2. The largest absolute Gasteiger partial charge is 0.320 e. The average molecular weight is 192 g/mol. The van der Waals surface area contributed by atoms with E-state index in [-0.39, 0.29) is 6.42 Å². The van der Waals surface area contributed by atoms with Crippen molar-refractivity contribution in [3.05, 3.63) is 0 Å². The molecule has 0 aromatic carbocycles. The van der Waals surface area contributed by atoms with Gasteiger partial charge in [0, 0.05) is 25.4 Å². The number of likely N-dealkylation sites (tertiary alicyclic amines) is 1. The van der Waals surface area contributed by atoms with Crippen molar-refractivity contribution < 1.29 is 8.78 Å². The van der Waals surface area contributed by atoms with Crippen LogP contribution in [-0.2, 0) is 0 Å². The van der Waals surface area contributed by atoms with E-state index < -0.39 is 11.8 Å². The van der Waals surface area contributed by atoms with Crippen LogP contribution in [-0.4, -0.2) is 44.6 Å². The van der Waals surface area contributed by atoms with Crippen molar-refractivity contribution in [2.24, 2.45) is 5.92 Å². The zero-order valence-electron chi connectivity index (χ0n) is 8.32. The number of hydrogen-bond acceptors (Lipinski definition) is 2. The van der Waals surface area contributed by atoms with Gasteiger partial charge in [0.2, 0.25) is 0 Å². The minimum absolute atomic E-state index is 0.0397. The van der Waals surface area contributed by atoms with Crippen LogP contribution >= 0.6 is 0 Å². The summed E-state index contributed by atoms with van der Waals surface area (Å²) in [6.45, 7) is 1.74. The first-order chi connectivity index (χ1) is 6.06. The molecule has 1 heterocycles. The summed E-state index contributed by atoms with van der Waals surface area (Å²) in [4.78, 5) is 1.97. The molecule has 0 aliphatic carbocycles. The second-order valence-electron chi connectivity index (χ2n) is 3.86. The van der Waals surface area contributed by atoms with Crippen molar-refractivity contribution in [1.82, 2.24) is 10.2 Å². The first kappa shape index (κ1) is 10.9. The zero-order chi connectivity index (χ0) is 9.90. The van der Waals surface area contributed by atoms with Crippen molar-refractivity contribution >= 4 is 0 Å². The number of nitrogens with one attached hydrogen (secondary N) is 1. The third-order valence-electron chi connectivity index (χ3n) is 2.70. The number of rotatable bonds is 4. The van der Waals surface area contributed by atoms with Crippen molar-refractivity contribution in [2.45, 2.75) is 18.8 Å². The first-order valence-electron chi connectivity index (χ1n) is 4.77. The van der Waals surface area contributed by atoms with Gasteiger partial charge in [-0.15, -0.1) is 0 Å². The highest BCUT2D eigenvalue weighted by molar-refractivity contribution is 4.85.